The van der Waals surface area contributed by atoms with Gasteiger partial charge in [0.15, 0.2) is 23.0 Å². The van der Waals surface area contributed by atoms with Crippen molar-refractivity contribution in [1.82, 2.24) is 21.3 Å². The first-order chi connectivity index (χ1) is 67.3. The first-order valence-corrected chi connectivity index (χ1v) is 55.0. The summed E-state index contributed by atoms with van der Waals surface area (Å²) in [6.45, 7) is 34.9. The lowest BCUT2D eigenvalue weighted by Crippen LogP contribution is -3.00. The van der Waals surface area contributed by atoms with Crippen LogP contribution in [0.1, 0.15) is 313 Å². The second kappa shape index (κ2) is 42.9. The zero-order valence-electron chi connectivity index (χ0n) is 85.3. The fourth-order valence-corrected chi connectivity index (χ4v) is 32.2. The zero-order valence-corrected chi connectivity index (χ0v) is 93.3. The van der Waals surface area contributed by atoms with Gasteiger partial charge in [0, 0.05) is 73.3 Å². The number of benzene rings is 8. The van der Waals surface area contributed by atoms with Crippen LogP contribution in [0.15, 0.2) is 163 Å². The Balaban J connectivity index is 0.000000204. The van der Waals surface area contributed by atoms with Crippen LogP contribution in [0.2, 0.25) is 0 Å². The molecule has 25 heteroatoms. The molecule has 18 rings (SSSR count). The molecule has 764 valence electrons. The zero-order chi connectivity index (χ0) is 101. The van der Waals surface area contributed by atoms with Gasteiger partial charge in [-0.25, -0.2) is 19.2 Å². The van der Waals surface area contributed by atoms with Crippen molar-refractivity contribution in [3.63, 3.8) is 0 Å². The van der Waals surface area contributed by atoms with Crippen molar-refractivity contribution >= 4 is 134 Å². The molecule has 8 saturated carbocycles. The maximum Gasteiger partial charge on any atom is 0.407 e. The average Bonchev–Trinajstić information content (AvgIpc) is 0.730. The number of fused-ring (bicyclic) bond motifs is 10. The third kappa shape index (κ3) is 22.8. The van der Waals surface area contributed by atoms with E-state index in [9.17, 15) is 48.6 Å². The number of ketones is 4. The van der Waals surface area contributed by atoms with Gasteiger partial charge in [0.25, 0.3) is 0 Å². The topological polar surface area (TPSA) is 291 Å². The van der Waals surface area contributed by atoms with Gasteiger partial charge in [0.1, 0.15) is 30.4 Å². The number of nitrogens with two attached hydrogens (primary N) is 1. The predicted octanol–water partition coefficient (Wildman–Crippen LogP) is 25.7. The number of carbonyl (C=O) groups is 8. The second-order valence-electron chi connectivity index (χ2n) is 48.0. The third-order valence-corrected chi connectivity index (χ3v) is 38.1. The van der Waals surface area contributed by atoms with Gasteiger partial charge < -0.3 is 72.7 Å². The fourth-order valence-electron chi connectivity index (χ4n) is 29.4. The van der Waals surface area contributed by atoms with Crippen molar-refractivity contribution < 1.29 is 89.8 Å². The van der Waals surface area contributed by atoms with Crippen LogP contribution in [0, 0.1) is 102 Å². The van der Waals surface area contributed by atoms with E-state index in [1.54, 1.807) is 60.7 Å². The molecule has 16 unspecified atom stereocenters. The van der Waals surface area contributed by atoms with Crippen LogP contribution in [0.4, 0.5) is 41.9 Å². The van der Waals surface area contributed by atoms with E-state index in [-0.39, 0.29) is 149 Å². The smallest absolute Gasteiger partial charge is 0.407 e. The maximum absolute atomic E-state index is 13.7. The van der Waals surface area contributed by atoms with Crippen LogP contribution in [-0.4, -0.2) is 96.1 Å². The summed E-state index contributed by atoms with van der Waals surface area (Å²) >= 11 is 14.9. The number of rotatable bonds is 22. The summed E-state index contributed by atoms with van der Waals surface area (Å²) in [4.78, 5) is 108. The van der Waals surface area contributed by atoms with E-state index in [0.29, 0.717) is 98.9 Å². The van der Waals surface area contributed by atoms with Gasteiger partial charge in [-0.05, 0) is 360 Å². The number of halogens is 5. The number of quaternary nitrogens is 1. The predicted molar refractivity (Wildman–Crippen MR) is 570 cm³/mol. The molecule has 16 atom stereocenters. The van der Waals surface area contributed by atoms with Crippen molar-refractivity contribution in [2.45, 2.75) is 263 Å². The Bertz CT molecular complexity index is 5770. The van der Waals surface area contributed by atoms with Crippen LogP contribution in [0.5, 0.6) is 11.5 Å². The molecule has 0 radical (unpaired) electrons. The van der Waals surface area contributed by atoms with Gasteiger partial charge in [-0.3, -0.25) is 24.5 Å². The molecule has 20 nitrogen and oxygen atoms in total. The maximum atomic E-state index is 13.7. The average molecular weight is 2270 g/mol. The Morgan fingerprint density at radius 3 is 1.22 bits per heavy atom. The monoisotopic (exact) mass is 2260 g/mol. The number of nitrogens with one attached hydrogen (secondary N) is 5. The van der Waals surface area contributed by atoms with E-state index >= 15 is 0 Å². The quantitative estimate of drug-likeness (QED) is 0.0178. The van der Waals surface area contributed by atoms with Crippen molar-refractivity contribution in [2.24, 2.45) is 102 Å². The minimum Gasteiger partial charge on any atom is -1.00 e. The van der Waals surface area contributed by atoms with Gasteiger partial charge in [-0.2, -0.15) is 0 Å². The molecule has 0 aromatic heterocycles. The normalized spacial score (nSPS) is 28.5. The van der Waals surface area contributed by atoms with E-state index in [4.69, 9.17) is 18.9 Å². The molecule has 0 aliphatic heterocycles. The Morgan fingerprint density at radius 2 is 0.811 bits per heavy atom. The molecule has 9 N–H and O–H groups in total. The van der Waals surface area contributed by atoms with E-state index < -0.39 is 18.0 Å². The van der Waals surface area contributed by atoms with Gasteiger partial charge >= 0.3 is 24.4 Å². The van der Waals surface area contributed by atoms with Gasteiger partial charge in [-0.15, -0.1) is 0 Å². The Morgan fingerprint density at radius 1 is 0.427 bits per heavy atom. The molecule has 0 spiro atoms. The first-order valence-electron chi connectivity index (χ1n) is 51.9. The Kier molecular flexibility index (Phi) is 32.1. The summed E-state index contributed by atoms with van der Waals surface area (Å²) in [6, 6.07) is 42.7. The standard InChI is InChI=1S/2C59H71Br2N3O7.BrH/c2*1-34(2)37-17-19-43-38(25-37)18-22-48-58(6,23-10-24-59(43,48)7)33-71-54(68)62-32-57(5)29-40(28-56(3,4)31-57)63-55(69)70-30-35-13-15-36(16-14-35)39-26-44(60)51(45(61)27-39)64-46-20-21-47(65)50-49(46)52(66)41-11-8-9-12-42(41)53(50)67;/h2*8-9,11-16,20-21,26-27,34,37-38,40,43,48,64-65H,10,17-19,22-25,28-33H2,1-7H3,(H,62,68)(H,63,69);1H. The molecular weight excluding hydrogens is 2120 g/mol. The number of hydrogen-bond acceptors (Lipinski definition) is 15. The minimum absolute atomic E-state index is 0. The van der Waals surface area contributed by atoms with Gasteiger partial charge in [-0.1, -0.05) is 207 Å². The lowest BCUT2D eigenvalue weighted by Gasteiger charge is -2.61. The Labute approximate surface area is 888 Å². The lowest BCUT2D eigenvalue weighted by molar-refractivity contribution is -0.480. The molecule has 143 heavy (non-hydrogen) atoms. The number of ether oxygens (including phenoxy) is 4. The number of phenolic OH excluding ortho intramolecular Hbond substituents is 2. The fraction of sp³-hybridized carbons (Fsp3) is 0.525. The van der Waals surface area contributed by atoms with Crippen molar-refractivity contribution in [1.29, 1.82) is 0 Å². The van der Waals surface area contributed by atoms with Crippen LogP contribution >= 0.6 is 63.7 Å². The lowest BCUT2D eigenvalue weighted by atomic mass is 9.44. The number of phenols is 2. The molecule has 0 saturated heterocycles. The third-order valence-electron chi connectivity index (χ3n) is 35.5. The number of alkyl carbamates (subject to hydrolysis) is 4. The van der Waals surface area contributed by atoms with Crippen molar-refractivity contribution in [3.05, 3.63) is 219 Å². The van der Waals surface area contributed by atoms with Crippen LogP contribution in [0.3, 0.4) is 0 Å². The summed E-state index contributed by atoms with van der Waals surface area (Å²) in [5.41, 5.74) is 9.15. The first kappa shape index (κ1) is 107. The van der Waals surface area contributed by atoms with E-state index in [0.717, 1.165) is 134 Å². The SMILES string of the molecule is CC(C)C1CCC2C(CCC3C(C)(COC(=O)NCC4(C)CC(NC(=O)OCc5ccc(-c6cc(Br)c(Nc7ccc(O)c8c7C(=O)c7ccccc7C8=O)c(Br)c6)cc5)CC(C)(C)C4)CCCC23C)C1.CC(C)C1CCC2C(CCC3C(C)(COC(=O)NCC4(C)CC(NC(=O)OCc5ccc(-c6cc(Br)c([NH2+]c7ccc(O)c8c7C(=O)c7ccccc7C8=O)c(Br)c6)cc5)CC(C)(C)C4)CCCC23C)C1.[Br-]. The van der Waals surface area contributed by atoms with E-state index in [1.807, 2.05) is 78.1 Å². The highest BCUT2D eigenvalue weighted by Crippen LogP contribution is 2.67. The summed E-state index contributed by atoms with van der Waals surface area (Å²) in [5, 5.41) is 39.2. The summed E-state index contributed by atoms with van der Waals surface area (Å²) < 4.78 is 26.7. The highest BCUT2D eigenvalue weighted by Gasteiger charge is 2.60. The summed E-state index contributed by atoms with van der Waals surface area (Å²) in [7, 11) is 0. The molecule has 4 amide bonds. The molecule has 8 aromatic carbocycles. The highest BCUT2D eigenvalue weighted by molar-refractivity contribution is 9.11. The molecule has 10 aliphatic carbocycles. The summed E-state index contributed by atoms with van der Waals surface area (Å²) in [5.74, 6) is 5.77. The van der Waals surface area contributed by atoms with Gasteiger partial charge in [0.2, 0.25) is 5.78 Å². The molecule has 0 bridgehead atoms. The molecule has 0 heterocycles. The second-order valence-corrected chi connectivity index (χ2v) is 51.4. The largest absolute Gasteiger partial charge is 1.00 e. The Hall–Kier alpha value is -8.72. The molecular formula is C118H143Br5N6O14. The summed E-state index contributed by atoms with van der Waals surface area (Å²) in [6.07, 6.45) is 23.8. The number of carbonyl (C=O) groups excluding carboxylic acids is 8. The minimum atomic E-state index is -0.470. The van der Waals surface area contributed by atoms with Gasteiger partial charge in [0.05, 0.1) is 55.8 Å². The van der Waals surface area contributed by atoms with Crippen molar-refractivity contribution in [3.8, 4) is 33.8 Å². The number of aromatic hydroxyl groups is 2. The number of anilines is 2. The van der Waals surface area contributed by atoms with Crippen LogP contribution < -0.4 is 48.9 Å². The highest BCUT2D eigenvalue weighted by atomic mass is 79.9. The van der Waals surface area contributed by atoms with E-state index in [2.05, 4.69) is 187 Å². The molecule has 8 aromatic rings. The van der Waals surface area contributed by atoms with Crippen LogP contribution in [0.25, 0.3) is 22.3 Å². The molecule has 8 fully saturated rings. The van der Waals surface area contributed by atoms with Crippen LogP contribution in [-0.2, 0) is 32.2 Å². The van der Waals surface area contributed by atoms with Crippen molar-refractivity contribution in [2.75, 3.05) is 31.6 Å². The number of hydrogen-bond donors (Lipinski definition) is 8. The molecule has 10 aliphatic rings. The van der Waals surface area contributed by atoms with E-state index in [1.165, 1.54) is 102 Å². The number of amides is 4.